The zero-order chi connectivity index (χ0) is 17.8. The number of benzene rings is 1. The quantitative estimate of drug-likeness (QED) is 0.619. The Labute approximate surface area is 155 Å². The van der Waals surface area contributed by atoms with Crippen LogP contribution in [0.2, 0.25) is 0 Å². The largest absolute Gasteiger partial charge is 0.312 e. The van der Waals surface area contributed by atoms with Gasteiger partial charge in [0.25, 0.3) is 0 Å². The van der Waals surface area contributed by atoms with Crippen LogP contribution in [0.25, 0.3) is 0 Å². The summed E-state index contributed by atoms with van der Waals surface area (Å²) in [7, 11) is 0. The number of hydrogen-bond acceptors (Lipinski definition) is 6. The predicted molar refractivity (Wildman–Crippen MR) is 101 cm³/mol. The van der Waals surface area contributed by atoms with Gasteiger partial charge in [0.05, 0.1) is 5.92 Å². The van der Waals surface area contributed by atoms with Crippen LogP contribution in [0.15, 0.2) is 28.6 Å². The lowest BCUT2D eigenvalue weighted by atomic mass is 10.1. The topological polar surface area (TPSA) is 75.2 Å². The highest BCUT2D eigenvalue weighted by atomic mass is 32.2. The first kappa shape index (κ1) is 17.9. The lowest BCUT2D eigenvalue weighted by Crippen LogP contribution is -2.28. The third kappa shape index (κ3) is 4.19. The summed E-state index contributed by atoms with van der Waals surface area (Å²) in [6.45, 7) is 4.52. The van der Waals surface area contributed by atoms with Gasteiger partial charge in [0.15, 0.2) is 4.34 Å². The zero-order valence-electron chi connectivity index (χ0n) is 14.2. The van der Waals surface area contributed by atoms with Crippen molar-refractivity contribution >= 4 is 45.7 Å². The molecule has 132 valence electrons. The molecule has 0 spiro atoms. The van der Waals surface area contributed by atoms with Gasteiger partial charge in [-0.3, -0.25) is 9.59 Å². The molecule has 1 atom stereocenters. The first-order valence-corrected chi connectivity index (χ1v) is 10.1. The first-order chi connectivity index (χ1) is 12.1. The minimum Gasteiger partial charge on any atom is -0.312 e. The summed E-state index contributed by atoms with van der Waals surface area (Å²) in [6, 6.07) is 7.92. The Kier molecular flexibility index (Phi) is 5.70. The lowest BCUT2D eigenvalue weighted by Gasteiger charge is -2.16. The second-order valence-electron chi connectivity index (χ2n) is 5.72. The van der Waals surface area contributed by atoms with Crippen molar-refractivity contribution in [2.45, 2.75) is 31.0 Å². The molecule has 3 rings (SSSR count). The number of aromatic nitrogens is 2. The van der Waals surface area contributed by atoms with Gasteiger partial charge in [-0.1, -0.05) is 49.1 Å². The summed E-state index contributed by atoms with van der Waals surface area (Å²) in [5.74, 6) is 0.338. The van der Waals surface area contributed by atoms with Crippen molar-refractivity contribution < 1.29 is 9.59 Å². The molecule has 0 saturated carbocycles. The normalized spacial score (nSPS) is 17.1. The van der Waals surface area contributed by atoms with E-state index in [0.29, 0.717) is 11.7 Å². The van der Waals surface area contributed by atoms with Crippen LogP contribution in [0.5, 0.6) is 0 Å². The number of nitrogens with one attached hydrogen (secondary N) is 1. The van der Waals surface area contributed by atoms with Gasteiger partial charge < -0.3 is 10.2 Å². The Hall–Kier alpha value is -1.93. The first-order valence-electron chi connectivity index (χ1n) is 8.27. The molecular weight excluding hydrogens is 356 g/mol. The van der Waals surface area contributed by atoms with Gasteiger partial charge in [-0.05, 0) is 29.9 Å². The molecule has 1 aliphatic heterocycles. The smallest absolute Gasteiger partial charge is 0.231 e. The van der Waals surface area contributed by atoms with Gasteiger partial charge in [-0.25, -0.2) is 0 Å². The average molecular weight is 377 g/mol. The molecule has 2 heterocycles. The maximum atomic E-state index is 12.4. The van der Waals surface area contributed by atoms with E-state index in [9.17, 15) is 9.59 Å². The fourth-order valence-electron chi connectivity index (χ4n) is 2.69. The fourth-order valence-corrected chi connectivity index (χ4v) is 4.35. The highest BCUT2D eigenvalue weighted by Crippen LogP contribution is 2.28. The summed E-state index contributed by atoms with van der Waals surface area (Å²) in [6.07, 6.45) is 1.18. The van der Waals surface area contributed by atoms with E-state index in [1.807, 2.05) is 31.2 Å². The van der Waals surface area contributed by atoms with E-state index in [2.05, 4.69) is 22.4 Å². The number of nitrogens with zero attached hydrogens (tertiary/aromatic N) is 3. The van der Waals surface area contributed by atoms with Crippen molar-refractivity contribution in [3.05, 3.63) is 29.8 Å². The van der Waals surface area contributed by atoms with Gasteiger partial charge in [0.1, 0.15) is 0 Å². The van der Waals surface area contributed by atoms with E-state index in [1.165, 1.54) is 16.9 Å². The molecule has 6 nitrogen and oxygen atoms in total. The predicted octanol–water partition coefficient (Wildman–Crippen LogP) is 3.20. The molecule has 0 unspecified atom stereocenters. The molecule has 0 bridgehead atoms. The van der Waals surface area contributed by atoms with Gasteiger partial charge in [0.2, 0.25) is 16.9 Å². The third-order valence-corrected chi connectivity index (χ3v) is 5.91. The van der Waals surface area contributed by atoms with Gasteiger partial charge in [0, 0.05) is 18.7 Å². The van der Waals surface area contributed by atoms with E-state index in [4.69, 9.17) is 0 Å². The van der Waals surface area contributed by atoms with Crippen molar-refractivity contribution in [1.82, 2.24) is 10.2 Å². The summed E-state index contributed by atoms with van der Waals surface area (Å²) in [5.41, 5.74) is 2.07. The fraction of sp³-hybridized carbons (Fsp3) is 0.412. The molecule has 25 heavy (non-hydrogen) atoms. The van der Waals surface area contributed by atoms with Crippen LogP contribution in [0, 0.1) is 5.92 Å². The number of hydrogen-bond donors (Lipinski definition) is 1. The molecular formula is C17H20N4O2S2. The minimum absolute atomic E-state index is 0.0242. The van der Waals surface area contributed by atoms with Crippen molar-refractivity contribution in [1.29, 1.82) is 0 Å². The number of aryl methyl sites for hydroxylation is 1. The Morgan fingerprint density at radius 3 is 2.76 bits per heavy atom. The lowest BCUT2D eigenvalue weighted by molar-refractivity contribution is -0.122. The van der Waals surface area contributed by atoms with Crippen molar-refractivity contribution in [3.63, 3.8) is 0 Å². The SMILES string of the molecule is CCSc1nnc(NC(=O)[C@@H]2CC(=O)N(c3ccc(CC)cc3)C2)s1. The molecule has 1 saturated heterocycles. The van der Waals surface area contributed by atoms with Crippen LogP contribution < -0.4 is 10.2 Å². The second-order valence-corrected chi connectivity index (χ2v) is 8.21. The third-order valence-electron chi connectivity index (χ3n) is 4.06. The second kappa shape index (κ2) is 7.97. The molecule has 1 aromatic carbocycles. The standard InChI is InChI=1S/C17H20N4O2S2/c1-3-11-5-7-13(8-6-11)21-10-12(9-14(21)22)15(23)18-16-19-20-17(25-16)24-4-2/h5-8,12H,3-4,9-10H2,1-2H3,(H,18,19,23)/t12-/m1/s1. The van der Waals surface area contributed by atoms with Crippen molar-refractivity contribution in [3.8, 4) is 0 Å². The van der Waals surface area contributed by atoms with Crippen LogP contribution in [-0.4, -0.2) is 34.3 Å². The molecule has 2 amide bonds. The number of rotatable bonds is 6. The maximum absolute atomic E-state index is 12.4. The van der Waals surface area contributed by atoms with Crippen molar-refractivity contribution in [2.24, 2.45) is 5.92 Å². The van der Waals surface area contributed by atoms with Crippen LogP contribution >= 0.6 is 23.1 Å². The Balaban J connectivity index is 1.63. The molecule has 1 aromatic heterocycles. The molecule has 1 N–H and O–H groups in total. The molecule has 8 heteroatoms. The zero-order valence-corrected chi connectivity index (χ0v) is 15.8. The summed E-state index contributed by atoms with van der Waals surface area (Å²) < 4.78 is 0.831. The number of anilines is 2. The highest BCUT2D eigenvalue weighted by Gasteiger charge is 2.35. The minimum atomic E-state index is -0.371. The Morgan fingerprint density at radius 2 is 2.08 bits per heavy atom. The molecule has 2 aromatic rings. The van der Waals surface area contributed by atoms with Crippen LogP contribution in [0.1, 0.15) is 25.8 Å². The summed E-state index contributed by atoms with van der Waals surface area (Å²) >= 11 is 2.94. The van der Waals surface area contributed by atoms with Gasteiger partial charge in [-0.2, -0.15) is 0 Å². The number of carbonyl (C=O) groups is 2. The van der Waals surface area contributed by atoms with Crippen LogP contribution in [0.3, 0.4) is 0 Å². The molecule has 1 aliphatic rings. The Morgan fingerprint density at radius 1 is 1.32 bits per heavy atom. The van der Waals surface area contributed by atoms with E-state index >= 15 is 0 Å². The molecule has 0 aliphatic carbocycles. The molecule has 1 fully saturated rings. The van der Waals surface area contributed by atoms with E-state index in [0.717, 1.165) is 22.2 Å². The highest BCUT2D eigenvalue weighted by molar-refractivity contribution is 8.01. The van der Waals surface area contributed by atoms with E-state index in [1.54, 1.807) is 16.7 Å². The Bertz CT molecular complexity index is 760. The van der Waals surface area contributed by atoms with Gasteiger partial charge >= 0.3 is 0 Å². The summed E-state index contributed by atoms with van der Waals surface area (Å²) in [5, 5.41) is 11.3. The maximum Gasteiger partial charge on any atom is 0.231 e. The number of thioether (sulfide) groups is 1. The van der Waals surface area contributed by atoms with Gasteiger partial charge in [-0.15, -0.1) is 10.2 Å². The monoisotopic (exact) mass is 376 g/mol. The average Bonchev–Trinajstić information content (AvgIpc) is 3.22. The van der Waals surface area contributed by atoms with E-state index < -0.39 is 0 Å². The van der Waals surface area contributed by atoms with Crippen LogP contribution in [0.4, 0.5) is 10.8 Å². The van der Waals surface area contributed by atoms with E-state index in [-0.39, 0.29) is 24.2 Å². The number of carbonyl (C=O) groups excluding carboxylic acids is 2. The van der Waals surface area contributed by atoms with Crippen LogP contribution in [-0.2, 0) is 16.0 Å². The number of amides is 2. The molecule has 0 radical (unpaired) electrons. The summed E-state index contributed by atoms with van der Waals surface area (Å²) in [4.78, 5) is 26.4. The van der Waals surface area contributed by atoms with Crippen molar-refractivity contribution in [2.75, 3.05) is 22.5 Å².